The molecule has 0 amide bonds. The number of nitrogens with zero attached hydrogens (tertiary/aromatic N) is 2. The highest BCUT2D eigenvalue weighted by Crippen LogP contribution is 2.26. The van der Waals surface area contributed by atoms with E-state index in [1.165, 1.54) is 7.11 Å². The molecule has 0 saturated carbocycles. The lowest BCUT2D eigenvalue weighted by Gasteiger charge is -2.10. The molecule has 0 unspecified atom stereocenters. The summed E-state index contributed by atoms with van der Waals surface area (Å²) < 4.78 is 10.1. The minimum atomic E-state index is -0.685. The van der Waals surface area contributed by atoms with Crippen molar-refractivity contribution in [2.45, 2.75) is 6.61 Å². The highest BCUT2D eigenvalue weighted by molar-refractivity contribution is 6.34. The van der Waals surface area contributed by atoms with Gasteiger partial charge in [-0.1, -0.05) is 41.9 Å². The van der Waals surface area contributed by atoms with E-state index in [4.69, 9.17) is 27.9 Å². The van der Waals surface area contributed by atoms with Gasteiger partial charge in [-0.15, -0.1) is 0 Å². The van der Waals surface area contributed by atoms with Crippen LogP contribution in [0.1, 0.15) is 15.9 Å². The summed E-state index contributed by atoms with van der Waals surface area (Å²) in [7, 11) is 1.23. The predicted molar refractivity (Wildman–Crippen MR) is 74.2 cm³/mol. The quantitative estimate of drug-likeness (QED) is 0.493. The fourth-order valence-electron chi connectivity index (χ4n) is 1.49. The summed E-state index contributed by atoms with van der Waals surface area (Å²) in [5.41, 5.74) is 0.865. The number of methoxy groups -OCH3 is 1. The van der Waals surface area contributed by atoms with Crippen LogP contribution in [-0.4, -0.2) is 23.0 Å². The van der Waals surface area contributed by atoms with E-state index in [0.29, 0.717) is 0 Å². The Kier molecular flexibility index (Phi) is 4.76. The van der Waals surface area contributed by atoms with Gasteiger partial charge in [-0.3, -0.25) is 0 Å². The van der Waals surface area contributed by atoms with Crippen LogP contribution in [0.3, 0.4) is 0 Å². The summed E-state index contributed by atoms with van der Waals surface area (Å²) in [4.78, 5) is 19.2. The van der Waals surface area contributed by atoms with Crippen molar-refractivity contribution in [3.8, 4) is 5.88 Å². The number of carbonyl (C=O) groups is 1. The fraction of sp³-hybridized carbons (Fsp3) is 0.154. The minimum absolute atomic E-state index is 0.00861. The van der Waals surface area contributed by atoms with Gasteiger partial charge >= 0.3 is 5.97 Å². The smallest absolute Gasteiger partial charge is 0.346 e. The maximum Gasteiger partial charge on any atom is 0.346 e. The highest BCUT2D eigenvalue weighted by atomic mass is 35.5. The van der Waals surface area contributed by atoms with Gasteiger partial charge in [0.2, 0.25) is 11.2 Å². The summed E-state index contributed by atoms with van der Waals surface area (Å²) >= 11 is 11.6. The van der Waals surface area contributed by atoms with Crippen LogP contribution in [0.15, 0.2) is 30.3 Å². The van der Waals surface area contributed by atoms with Crippen molar-refractivity contribution in [1.29, 1.82) is 0 Å². The SMILES string of the molecule is COC(=O)c1c(Cl)nc(Cl)nc1OCc1ccccc1. The third-order valence-electron chi connectivity index (χ3n) is 2.41. The van der Waals surface area contributed by atoms with Crippen molar-refractivity contribution in [2.24, 2.45) is 0 Å². The lowest BCUT2D eigenvalue weighted by Crippen LogP contribution is -2.10. The lowest BCUT2D eigenvalue weighted by atomic mass is 10.2. The summed E-state index contributed by atoms with van der Waals surface area (Å²) in [6, 6.07) is 9.39. The largest absolute Gasteiger partial charge is 0.472 e. The molecule has 0 aliphatic rings. The Balaban J connectivity index is 2.28. The number of hydrogen-bond donors (Lipinski definition) is 0. The summed E-state index contributed by atoms with van der Waals surface area (Å²) in [5, 5.41) is -0.217. The van der Waals surface area contributed by atoms with E-state index >= 15 is 0 Å². The van der Waals surface area contributed by atoms with Gasteiger partial charge in [-0.25, -0.2) is 9.78 Å². The average molecular weight is 313 g/mol. The van der Waals surface area contributed by atoms with Crippen LogP contribution in [-0.2, 0) is 11.3 Å². The Morgan fingerprint density at radius 1 is 1.20 bits per heavy atom. The molecule has 7 heteroatoms. The van der Waals surface area contributed by atoms with Crippen LogP contribution in [0, 0.1) is 0 Å². The zero-order valence-corrected chi connectivity index (χ0v) is 12.0. The van der Waals surface area contributed by atoms with E-state index < -0.39 is 5.97 Å². The van der Waals surface area contributed by atoms with E-state index in [1.54, 1.807) is 0 Å². The minimum Gasteiger partial charge on any atom is -0.472 e. The zero-order valence-electron chi connectivity index (χ0n) is 10.5. The first kappa shape index (κ1) is 14.6. The summed E-state index contributed by atoms with van der Waals surface area (Å²) in [6.07, 6.45) is 0. The number of ether oxygens (including phenoxy) is 2. The second-order valence-corrected chi connectivity index (χ2v) is 4.43. The summed E-state index contributed by atoms with van der Waals surface area (Å²) in [5.74, 6) is -0.694. The normalized spacial score (nSPS) is 10.2. The van der Waals surface area contributed by atoms with Gasteiger partial charge in [0.1, 0.15) is 6.61 Å². The number of rotatable bonds is 4. The molecule has 0 radical (unpaired) electrons. The second kappa shape index (κ2) is 6.54. The maximum atomic E-state index is 11.7. The third-order valence-corrected chi connectivity index (χ3v) is 2.85. The van der Waals surface area contributed by atoms with E-state index in [0.717, 1.165) is 5.56 Å². The molecule has 20 heavy (non-hydrogen) atoms. The number of hydrogen-bond acceptors (Lipinski definition) is 5. The molecule has 0 N–H and O–H groups in total. The number of aromatic nitrogens is 2. The van der Waals surface area contributed by atoms with Gasteiger partial charge in [-0.05, 0) is 17.2 Å². The van der Waals surface area contributed by atoms with E-state index in [2.05, 4.69) is 14.7 Å². The Morgan fingerprint density at radius 2 is 1.90 bits per heavy atom. The molecule has 2 aromatic rings. The second-order valence-electron chi connectivity index (χ2n) is 3.73. The number of benzene rings is 1. The zero-order chi connectivity index (χ0) is 14.5. The van der Waals surface area contributed by atoms with Crippen LogP contribution in [0.2, 0.25) is 10.4 Å². The lowest BCUT2D eigenvalue weighted by molar-refractivity contribution is 0.0594. The van der Waals surface area contributed by atoms with Crippen LogP contribution < -0.4 is 4.74 Å². The highest BCUT2D eigenvalue weighted by Gasteiger charge is 2.21. The maximum absolute atomic E-state index is 11.7. The topological polar surface area (TPSA) is 61.3 Å². The molecule has 2 rings (SSSR count). The Bertz CT molecular complexity index is 621. The van der Waals surface area contributed by atoms with Crippen molar-refractivity contribution >= 4 is 29.2 Å². The molecule has 0 aliphatic carbocycles. The van der Waals surface area contributed by atoms with Crippen molar-refractivity contribution in [3.05, 3.63) is 51.9 Å². The molecule has 0 fully saturated rings. The Morgan fingerprint density at radius 3 is 2.55 bits per heavy atom. The van der Waals surface area contributed by atoms with E-state index in [1.807, 2.05) is 30.3 Å². The van der Waals surface area contributed by atoms with Gasteiger partial charge in [0.05, 0.1) is 7.11 Å². The molecule has 0 saturated heterocycles. The molecule has 0 aliphatic heterocycles. The molecule has 0 bridgehead atoms. The molecular formula is C13H10Cl2N2O3. The monoisotopic (exact) mass is 312 g/mol. The Labute approximate surface area is 125 Å². The first-order valence-corrected chi connectivity index (χ1v) is 6.35. The Hall–Kier alpha value is -1.85. The van der Waals surface area contributed by atoms with Gasteiger partial charge < -0.3 is 9.47 Å². The number of halogens is 2. The van der Waals surface area contributed by atoms with Crippen molar-refractivity contribution in [1.82, 2.24) is 9.97 Å². The van der Waals surface area contributed by atoms with Gasteiger partial charge in [0.25, 0.3) is 0 Å². The number of esters is 1. The summed E-state index contributed by atoms with van der Waals surface area (Å²) in [6.45, 7) is 0.217. The molecule has 1 heterocycles. The molecule has 1 aromatic carbocycles. The average Bonchev–Trinajstić information content (AvgIpc) is 2.45. The van der Waals surface area contributed by atoms with Crippen LogP contribution in [0.25, 0.3) is 0 Å². The molecule has 104 valence electrons. The van der Waals surface area contributed by atoms with Crippen molar-refractivity contribution < 1.29 is 14.3 Å². The van der Waals surface area contributed by atoms with E-state index in [9.17, 15) is 4.79 Å². The van der Waals surface area contributed by atoms with Crippen LogP contribution in [0.4, 0.5) is 0 Å². The standard InChI is InChI=1S/C13H10Cl2N2O3/c1-19-12(18)9-10(14)16-13(15)17-11(9)20-7-8-5-3-2-4-6-8/h2-6H,7H2,1H3. The van der Waals surface area contributed by atoms with Gasteiger partial charge in [-0.2, -0.15) is 4.98 Å². The van der Waals surface area contributed by atoms with Crippen molar-refractivity contribution in [3.63, 3.8) is 0 Å². The molecule has 0 spiro atoms. The van der Waals surface area contributed by atoms with Crippen LogP contribution in [0.5, 0.6) is 5.88 Å². The molecule has 1 aromatic heterocycles. The van der Waals surface area contributed by atoms with Gasteiger partial charge in [0, 0.05) is 0 Å². The third kappa shape index (κ3) is 3.37. The van der Waals surface area contributed by atoms with E-state index in [-0.39, 0.29) is 28.5 Å². The molecular weight excluding hydrogens is 303 g/mol. The fourth-order valence-corrected chi connectivity index (χ4v) is 1.94. The van der Waals surface area contributed by atoms with Gasteiger partial charge in [0.15, 0.2) is 10.7 Å². The number of carbonyl (C=O) groups excluding carboxylic acids is 1. The molecule has 0 atom stereocenters. The van der Waals surface area contributed by atoms with Crippen LogP contribution >= 0.6 is 23.2 Å². The first-order chi connectivity index (χ1) is 9.61. The molecule has 5 nitrogen and oxygen atoms in total. The predicted octanol–water partition coefficient (Wildman–Crippen LogP) is 3.15. The first-order valence-electron chi connectivity index (χ1n) is 5.60. The van der Waals surface area contributed by atoms with Crippen molar-refractivity contribution in [2.75, 3.05) is 7.11 Å².